The predicted molar refractivity (Wildman–Crippen MR) is 135 cm³/mol. The van der Waals surface area contributed by atoms with E-state index in [0.29, 0.717) is 5.75 Å². The van der Waals surface area contributed by atoms with Gasteiger partial charge in [0.15, 0.2) is 11.5 Å². The minimum atomic E-state index is 0.0936. The summed E-state index contributed by atoms with van der Waals surface area (Å²) in [4.78, 5) is 15.3. The van der Waals surface area contributed by atoms with Crippen molar-refractivity contribution in [3.8, 4) is 11.5 Å². The second kappa shape index (κ2) is 11.2. The third kappa shape index (κ3) is 5.42. The van der Waals surface area contributed by atoms with Gasteiger partial charge in [-0.15, -0.1) is 0 Å². The van der Waals surface area contributed by atoms with Gasteiger partial charge in [-0.05, 0) is 59.7 Å². The fourth-order valence-electron chi connectivity index (χ4n) is 4.84. The summed E-state index contributed by atoms with van der Waals surface area (Å²) >= 11 is 0. The molecule has 1 atom stereocenters. The largest absolute Gasteiger partial charge is 0.493 e. The lowest BCUT2D eigenvalue weighted by Gasteiger charge is -2.32. The Morgan fingerprint density at radius 2 is 1.50 bits per heavy atom. The van der Waals surface area contributed by atoms with Gasteiger partial charge in [0.25, 0.3) is 0 Å². The maximum Gasteiger partial charge on any atom is 0.210 e. The van der Waals surface area contributed by atoms with Crippen molar-refractivity contribution < 1.29 is 14.3 Å². The molecular formula is C29H34N2O3. The van der Waals surface area contributed by atoms with Crippen LogP contribution in [0.2, 0.25) is 0 Å². The van der Waals surface area contributed by atoms with E-state index in [2.05, 4.69) is 59.5 Å². The minimum absolute atomic E-state index is 0.0936. The monoisotopic (exact) mass is 458 g/mol. The molecule has 34 heavy (non-hydrogen) atoms. The Morgan fingerprint density at radius 1 is 0.853 bits per heavy atom. The summed E-state index contributed by atoms with van der Waals surface area (Å²) in [5, 5.41) is 0. The first-order valence-electron chi connectivity index (χ1n) is 11.9. The third-order valence-electron chi connectivity index (χ3n) is 6.83. The highest BCUT2D eigenvalue weighted by atomic mass is 16.5. The number of carbonyl (C=O) groups excluding carboxylic acids is 1. The lowest BCUT2D eigenvalue weighted by atomic mass is 9.93. The molecule has 0 spiro atoms. The number of ether oxygens (including phenoxy) is 2. The molecular weight excluding hydrogens is 424 g/mol. The molecule has 0 N–H and O–H groups in total. The van der Waals surface area contributed by atoms with Crippen molar-refractivity contribution in [2.24, 2.45) is 0 Å². The number of fused-ring (bicyclic) bond motifs is 2. The van der Waals surface area contributed by atoms with Gasteiger partial charge in [-0.3, -0.25) is 9.69 Å². The summed E-state index contributed by atoms with van der Waals surface area (Å²) in [6.07, 6.45) is 2.95. The van der Waals surface area contributed by atoms with E-state index in [1.54, 1.807) is 19.1 Å². The first-order chi connectivity index (χ1) is 16.6. The summed E-state index contributed by atoms with van der Waals surface area (Å²) in [7, 11) is 3.25. The Kier molecular flexibility index (Phi) is 7.86. The fourth-order valence-corrected chi connectivity index (χ4v) is 4.84. The van der Waals surface area contributed by atoms with Crippen molar-refractivity contribution in [3.05, 3.63) is 94.5 Å². The Morgan fingerprint density at radius 3 is 2.21 bits per heavy atom. The van der Waals surface area contributed by atoms with Crippen LogP contribution in [0.15, 0.2) is 66.7 Å². The summed E-state index contributed by atoms with van der Waals surface area (Å²) in [5.41, 5.74) is 6.80. The summed E-state index contributed by atoms with van der Waals surface area (Å²) < 4.78 is 10.6. The number of hydrogen-bond donors (Lipinski definition) is 0. The number of nitrogens with zero attached hydrogens (tertiary/aromatic N) is 2. The van der Waals surface area contributed by atoms with E-state index in [-0.39, 0.29) is 6.04 Å². The van der Waals surface area contributed by atoms with Crippen LogP contribution in [0.1, 0.15) is 40.8 Å². The van der Waals surface area contributed by atoms with Gasteiger partial charge in [0.2, 0.25) is 6.41 Å². The first-order valence-corrected chi connectivity index (χ1v) is 11.9. The Balaban J connectivity index is 0.000000161. The summed E-state index contributed by atoms with van der Waals surface area (Å²) in [6.45, 7) is 6.11. The highest BCUT2D eigenvalue weighted by Crippen LogP contribution is 2.37. The predicted octanol–water partition coefficient (Wildman–Crippen LogP) is 5.02. The molecule has 5 rings (SSSR count). The molecule has 3 aromatic rings. The molecule has 0 bridgehead atoms. The van der Waals surface area contributed by atoms with Gasteiger partial charge < -0.3 is 14.4 Å². The van der Waals surface area contributed by atoms with Gasteiger partial charge in [0.1, 0.15) is 0 Å². The van der Waals surface area contributed by atoms with E-state index < -0.39 is 0 Å². The van der Waals surface area contributed by atoms with Gasteiger partial charge in [-0.2, -0.15) is 0 Å². The number of amides is 1. The molecule has 2 aliphatic heterocycles. The van der Waals surface area contributed by atoms with E-state index in [9.17, 15) is 4.79 Å². The number of benzene rings is 3. The molecule has 3 aromatic carbocycles. The summed E-state index contributed by atoms with van der Waals surface area (Å²) in [6, 6.07) is 23.6. The highest BCUT2D eigenvalue weighted by molar-refractivity contribution is 5.54. The molecule has 0 radical (unpaired) electrons. The van der Waals surface area contributed by atoms with Crippen molar-refractivity contribution in [2.75, 3.05) is 27.3 Å². The van der Waals surface area contributed by atoms with Crippen LogP contribution < -0.4 is 9.47 Å². The van der Waals surface area contributed by atoms with E-state index in [1.165, 1.54) is 35.2 Å². The van der Waals surface area contributed by atoms with Crippen LogP contribution in [-0.4, -0.2) is 43.5 Å². The van der Waals surface area contributed by atoms with Gasteiger partial charge in [-0.1, -0.05) is 54.6 Å². The van der Waals surface area contributed by atoms with Crippen LogP contribution in [0.3, 0.4) is 0 Å². The Bertz CT molecular complexity index is 1100. The zero-order valence-electron chi connectivity index (χ0n) is 20.4. The standard InChI is InChI=1S/C16H17N.C13H17NO3/c1-2-6-14(7-3-1)12-17-11-10-15-8-4-5-9-16(15)13-17;1-9-11-7-13(17-3)12(16-2)6-10(11)4-5-14(9)8-15/h1-9H,10-13H2;6-9H,4-5H2,1-3H3/t;9-/m.0/s1. The number of carbonyl (C=O) groups is 1. The maximum absolute atomic E-state index is 10.9. The molecule has 0 saturated heterocycles. The second-order valence-electron chi connectivity index (χ2n) is 8.89. The second-order valence-corrected chi connectivity index (χ2v) is 8.89. The SMILES string of the molecule is COc1cc2c(cc1OC)[C@H](C)N(C=O)CC2.c1ccc(CN2CCc3ccccc3C2)cc1. The highest BCUT2D eigenvalue weighted by Gasteiger charge is 2.24. The third-order valence-corrected chi connectivity index (χ3v) is 6.83. The number of hydrogen-bond acceptors (Lipinski definition) is 4. The Labute approximate surface area is 202 Å². The lowest BCUT2D eigenvalue weighted by Crippen LogP contribution is -2.32. The topological polar surface area (TPSA) is 42.0 Å². The minimum Gasteiger partial charge on any atom is -0.493 e. The molecule has 5 heteroatoms. The van der Waals surface area contributed by atoms with Crippen LogP contribution in [0, 0.1) is 0 Å². The normalized spacial score (nSPS) is 17.0. The molecule has 0 fully saturated rings. The van der Waals surface area contributed by atoms with Crippen molar-refractivity contribution >= 4 is 6.41 Å². The number of rotatable bonds is 5. The van der Waals surface area contributed by atoms with E-state index in [1.807, 2.05) is 19.1 Å². The quantitative estimate of drug-likeness (QED) is 0.503. The van der Waals surface area contributed by atoms with Gasteiger partial charge in [-0.25, -0.2) is 0 Å². The average Bonchev–Trinajstić information content (AvgIpc) is 2.89. The number of methoxy groups -OCH3 is 2. The van der Waals surface area contributed by atoms with E-state index in [0.717, 1.165) is 43.8 Å². The van der Waals surface area contributed by atoms with Gasteiger partial charge in [0, 0.05) is 26.2 Å². The molecule has 2 aliphatic rings. The lowest BCUT2D eigenvalue weighted by molar-refractivity contribution is -0.120. The molecule has 0 saturated carbocycles. The molecule has 178 valence electrons. The van der Waals surface area contributed by atoms with E-state index in [4.69, 9.17) is 9.47 Å². The molecule has 5 nitrogen and oxygen atoms in total. The van der Waals surface area contributed by atoms with Crippen molar-refractivity contribution in [1.82, 2.24) is 9.80 Å². The maximum atomic E-state index is 10.9. The van der Waals surface area contributed by atoms with Crippen LogP contribution in [0.5, 0.6) is 11.5 Å². The van der Waals surface area contributed by atoms with Crippen molar-refractivity contribution in [1.29, 1.82) is 0 Å². The molecule has 2 heterocycles. The van der Waals surface area contributed by atoms with Gasteiger partial charge in [0.05, 0.1) is 20.3 Å². The zero-order chi connectivity index (χ0) is 23.9. The van der Waals surface area contributed by atoms with Crippen LogP contribution >= 0.6 is 0 Å². The molecule has 0 aromatic heterocycles. The molecule has 0 aliphatic carbocycles. The molecule has 0 unspecified atom stereocenters. The first kappa shape index (κ1) is 23.8. The van der Waals surface area contributed by atoms with Crippen molar-refractivity contribution in [2.45, 2.75) is 38.9 Å². The smallest absolute Gasteiger partial charge is 0.210 e. The van der Waals surface area contributed by atoms with Crippen LogP contribution in [0.25, 0.3) is 0 Å². The fraction of sp³-hybridized carbons (Fsp3) is 0.345. The van der Waals surface area contributed by atoms with Crippen LogP contribution in [-0.2, 0) is 30.7 Å². The zero-order valence-corrected chi connectivity index (χ0v) is 20.4. The van der Waals surface area contributed by atoms with Crippen LogP contribution in [0.4, 0.5) is 0 Å². The average molecular weight is 459 g/mol. The summed E-state index contributed by atoms with van der Waals surface area (Å²) in [5.74, 6) is 1.46. The van der Waals surface area contributed by atoms with E-state index >= 15 is 0 Å². The Hall–Kier alpha value is -3.31. The van der Waals surface area contributed by atoms with Gasteiger partial charge >= 0.3 is 0 Å². The van der Waals surface area contributed by atoms with Crippen molar-refractivity contribution in [3.63, 3.8) is 0 Å². The molecule has 1 amide bonds.